The molecule has 2 rings (SSSR count). The van der Waals surface area contributed by atoms with Crippen LogP contribution in [-0.4, -0.2) is 45.3 Å². The Balaban J connectivity index is 2.10. The number of aromatic nitrogens is 4. The molecule has 0 radical (unpaired) electrons. The standard InChI is InChI=1S/C9H15N4O12P3/c1-12-7-6(8(14)13(2)9(12)15)10-5(11-7)3-4-23-27(19,20)25-28(21,22)24-26(16,17)18/h3-4H2,1-2H3,(H,10,11)(H,19,20)(H,21,22)(H2,16,17,18). The third kappa shape index (κ3) is 5.55. The molecule has 2 aromatic heterocycles. The van der Waals surface area contributed by atoms with E-state index in [2.05, 4.69) is 23.1 Å². The molecule has 19 heteroatoms. The third-order valence-corrected chi connectivity index (χ3v) is 6.99. The van der Waals surface area contributed by atoms with Crippen molar-refractivity contribution in [3.63, 3.8) is 0 Å². The molecule has 0 aliphatic rings. The monoisotopic (exact) mass is 464 g/mol. The van der Waals surface area contributed by atoms with Crippen LogP contribution in [-0.2, 0) is 47.4 Å². The summed E-state index contributed by atoms with van der Waals surface area (Å²) >= 11 is 0. The Hall–Kier alpha value is -1.44. The lowest BCUT2D eigenvalue weighted by atomic mass is 10.4. The maximum Gasteiger partial charge on any atom is 0.490 e. The van der Waals surface area contributed by atoms with Gasteiger partial charge < -0.3 is 24.6 Å². The molecule has 0 amide bonds. The number of phosphoric ester groups is 1. The van der Waals surface area contributed by atoms with Crippen molar-refractivity contribution < 1.29 is 46.4 Å². The molecular formula is C9H15N4O12P3. The molecule has 2 unspecified atom stereocenters. The zero-order valence-electron chi connectivity index (χ0n) is 14.2. The van der Waals surface area contributed by atoms with Crippen molar-refractivity contribution in [1.29, 1.82) is 0 Å². The highest BCUT2D eigenvalue weighted by atomic mass is 31.3. The summed E-state index contributed by atoms with van der Waals surface area (Å²) in [5.74, 6) is 0.0759. The minimum atomic E-state index is -5.60. The fourth-order valence-corrected chi connectivity index (χ4v) is 5.07. The van der Waals surface area contributed by atoms with Gasteiger partial charge in [0, 0.05) is 20.5 Å². The third-order valence-electron chi connectivity index (χ3n) is 3.15. The average molecular weight is 464 g/mol. The second-order valence-electron chi connectivity index (χ2n) is 5.26. The first-order chi connectivity index (χ1) is 12.6. The van der Waals surface area contributed by atoms with Crippen LogP contribution in [0.2, 0.25) is 0 Å². The van der Waals surface area contributed by atoms with Crippen LogP contribution in [0.1, 0.15) is 5.82 Å². The first-order valence-corrected chi connectivity index (χ1v) is 11.6. The van der Waals surface area contributed by atoms with Gasteiger partial charge in [-0.15, -0.1) is 0 Å². The van der Waals surface area contributed by atoms with Crippen LogP contribution in [0.3, 0.4) is 0 Å². The Morgan fingerprint density at radius 2 is 1.61 bits per heavy atom. The molecule has 0 aliphatic carbocycles. The Bertz CT molecular complexity index is 1160. The molecule has 158 valence electrons. The van der Waals surface area contributed by atoms with E-state index in [1.54, 1.807) is 0 Å². The second kappa shape index (κ2) is 7.76. The van der Waals surface area contributed by atoms with Gasteiger partial charge in [0.1, 0.15) is 11.3 Å². The summed E-state index contributed by atoms with van der Waals surface area (Å²) in [7, 11) is -13.7. The first kappa shape index (κ1) is 22.8. The molecule has 16 nitrogen and oxygen atoms in total. The quantitative estimate of drug-likeness (QED) is 0.291. The number of nitrogens with one attached hydrogen (secondary N) is 1. The molecular weight excluding hydrogens is 449 g/mol. The molecule has 0 saturated heterocycles. The number of hydrogen-bond acceptors (Lipinski definition) is 9. The van der Waals surface area contributed by atoms with E-state index in [0.29, 0.717) is 0 Å². The predicted octanol–water partition coefficient (Wildman–Crippen LogP) is -1.15. The summed E-state index contributed by atoms with van der Waals surface area (Å²) in [5.41, 5.74) is -1.24. The smallest absolute Gasteiger partial charge is 0.336 e. The van der Waals surface area contributed by atoms with Crippen LogP contribution in [0.15, 0.2) is 9.59 Å². The SMILES string of the molecule is Cn1c(=O)c2[nH]c(CCOP(=O)(O)OP(=O)(O)OP(=O)(O)O)nc2n(C)c1=O. The van der Waals surface area contributed by atoms with Gasteiger partial charge in [-0.05, 0) is 0 Å². The van der Waals surface area contributed by atoms with E-state index < -0.39 is 41.3 Å². The van der Waals surface area contributed by atoms with E-state index in [0.717, 1.165) is 9.13 Å². The largest absolute Gasteiger partial charge is 0.490 e. The molecule has 5 N–H and O–H groups in total. The van der Waals surface area contributed by atoms with Crippen LogP contribution < -0.4 is 11.2 Å². The maximum atomic E-state index is 12.0. The molecule has 0 spiro atoms. The highest BCUT2D eigenvalue weighted by molar-refractivity contribution is 7.66. The molecule has 2 aromatic rings. The van der Waals surface area contributed by atoms with Gasteiger partial charge in [-0.1, -0.05) is 0 Å². The zero-order chi connectivity index (χ0) is 21.5. The van der Waals surface area contributed by atoms with Gasteiger partial charge in [0.25, 0.3) is 5.56 Å². The summed E-state index contributed by atoms with van der Waals surface area (Å²) in [6.45, 7) is -0.627. The van der Waals surface area contributed by atoms with Crippen molar-refractivity contribution in [3.05, 3.63) is 26.7 Å². The van der Waals surface area contributed by atoms with Gasteiger partial charge in [0.05, 0.1) is 6.61 Å². The van der Waals surface area contributed by atoms with E-state index in [4.69, 9.17) is 14.7 Å². The number of hydrogen-bond donors (Lipinski definition) is 5. The van der Waals surface area contributed by atoms with Gasteiger partial charge in [-0.2, -0.15) is 8.62 Å². The van der Waals surface area contributed by atoms with E-state index in [-0.39, 0.29) is 23.4 Å². The van der Waals surface area contributed by atoms with E-state index in [9.17, 15) is 28.2 Å². The van der Waals surface area contributed by atoms with Crippen molar-refractivity contribution in [1.82, 2.24) is 19.1 Å². The van der Waals surface area contributed by atoms with Gasteiger partial charge in [-0.25, -0.2) is 23.5 Å². The summed E-state index contributed by atoms with van der Waals surface area (Å²) in [6, 6.07) is 0. The van der Waals surface area contributed by atoms with Gasteiger partial charge >= 0.3 is 29.2 Å². The van der Waals surface area contributed by atoms with Crippen molar-refractivity contribution >= 4 is 34.6 Å². The molecule has 2 atom stereocenters. The minimum Gasteiger partial charge on any atom is -0.336 e. The van der Waals surface area contributed by atoms with Crippen molar-refractivity contribution in [3.8, 4) is 0 Å². The van der Waals surface area contributed by atoms with Gasteiger partial charge in [0.2, 0.25) is 0 Å². The number of aryl methyl sites for hydroxylation is 1. The molecule has 2 heterocycles. The predicted molar refractivity (Wildman–Crippen MR) is 90.1 cm³/mol. The van der Waals surface area contributed by atoms with Crippen molar-refractivity contribution in [2.24, 2.45) is 14.1 Å². The van der Waals surface area contributed by atoms with Gasteiger partial charge in [0.15, 0.2) is 5.65 Å². The summed E-state index contributed by atoms with van der Waals surface area (Å²) in [5, 5.41) is 0. The van der Waals surface area contributed by atoms with E-state index >= 15 is 0 Å². The Kier molecular flexibility index (Phi) is 6.34. The number of H-pyrrole nitrogens is 1. The number of rotatable bonds is 8. The molecule has 0 aliphatic heterocycles. The van der Waals surface area contributed by atoms with Crippen LogP contribution in [0, 0.1) is 0 Å². The highest BCUT2D eigenvalue weighted by Gasteiger charge is 2.40. The normalized spacial score (nSPS) is 16.8. The van der Waals surface area contributed by atoms with Gasteiger partial charge in [-0.3, -0.25) is 18.5 Å². The molecule has 0 saturated carbocycles. The lowest BCUT2D eigenvalue weighted by Gasteiger charge is -2.15. The topological polar surface area (TPSA) is 232 Å². The fraction of sp³-hybridized carbons (Fsp3) is 0.444. The first-order valence-electron chi connectivity index (χ1n) is 7.05. The van der Waals surface area contributed by atoms with Crippen LogP contribution in [0.5, 0.6) is 0 Å². The Morgan fingerprint density at radius 3 is 2.18 bits per heavy atom. The zero-order valence-corrected chi connectivity index (χ0v) is 16.8. The van der Waals surface area contributed by atoms with Crippen molar-refractivity contribution in [2.75, 3.05) is 6.61 Å². The van der Waals surface area contributed by atoms with E-state index in [1.165, 1.54) is 14.1 Å². The van der Waals surface area contributed by atoms with Crippen LogP contribution in [0.4, 0.5) is 0 Å². The fourth-order valence-electron chi connectivity index (χ4n) is 2.05. The summed E-state index contributed by atoms with van der Waals surface area (Å²) < 4.78 is 46.8. The molecule has 0 bridgehead atoms. The Morgan fingerprint density at radius 1 is 1.00 bits per heavy atom. The Labute approximate surface area is 154 Å². The lowest BCUT2D eigenvalue weighted by molar-refractivity contribution is 0.173. The summed E-state index contributed by atoms with van der Waals surface area (Å²) in [6.07, 6.45) is -0.227. The van der Waals surface area contributed by atoms with Crippen LogP contribution >= 0.6 is 23.5 Å². The van der Waals surface area contributed by atoms with E-state index in [1.807, 2.05) is 0 Å². The number of nitrogens with zero attached hydrogens (tertiary/aromatic N) is 3. The number of imidazole rings is 1. The number of fused-ring (bicyclic) bond motifs is 1. The highest BCUT2D eigenvalue weighted by Crippen LogP contribution is 2.66. The van der Waals surface area contributed by atoms with Crippen LogP contribution in [0.25, 0.3) is 11.2 Å². The van der Waals surface area contributed by atoms with Crippen molar-refractivity contribution in [2.45, 2.75) is 6.42 Å². The maximum absolute atomic E-state index is 12.0. The minimum absolute atomic E-state index is 0.00191. The molecule has 0 aromatic carbocycles. The second-order valence-corrected chi connectivity index (χ2v) is 9.68. The average Bonchev–Trinajstić information content (AvgIpc) is 2.91. The molecule has 0 fully saturated rings. The number of aromatic amines is 1. The number of phosphoric acid groups is 3. The summed E-state index contributed by atoms with van der Waals surface area (Å²) in [4.78, 5) is 65.7. The molecule has 28 heavy (non-hydrogen) atoms. The lowest BCUT2D eigenvalue weighted by Crippen LogP contribution is -2.36.